The molecule has 3 heterocycles. The summed E-state index contributed by atoms with van der Waals surface area (Å²) < 4.78 is 13.6. The Morgan fingerprint density at radius 2 is 1.78 bits per heavy atom. The minimum absolute atomic E-state index is 0.181. The minimum atomic E-state index is -0.600. The van der Waals surface area contributed by atoms with Crippen LogP contribution in [0, 0.1) is 6.92 Å². The SMILES string of the molecule is COc1ccc(-c2ccncc2)cc1Nc1nc2cc(Oc3ccnc(C(N)=O)c3C)ccc2n1C. The second kappa shape index (κ2) is 9.38. The standard InChI is InChI=1S/C27H24N6O3/c1-16-23(10-13-30-25(16)26(28)34)36-19-5-6-22-20(15-19)31-27(33(22)2)32-21-14-18(4-7-24(21)35-3)17-8-11-29-12-9-17/h4-15H,1-3H3,(H2,28,34)(H,31,32). The highest BCUT2D eigenvalue weighted by Gasteiger charge is 2.15. The van der Waals surface area contributed by atoms with Gasteiger partial charge in [-0.25, -0.2) is 4.98 Å². The number of imidazole rings is 1. The van der Waals surface area contributed by atoms with Crippen LogP contribution in [-0.4, -0.2) is 32.5 Å². The van der Waals surface area contributed by atoms with E-state index >= 15 is 0 Å². The van der Waals surface area contributed by atoms with Gasteiger partial charge in [0.05, 0.1) is 23.8 Å². The molecule has 2 aromatic carbocycles. The first-order valence-electron chi connectivity index (χ1n) is 11.2. The molecule has 0 aliphatic carbocycles. The number of carbonyl (C=O) groups is 1. The van der Waals surface area contributed by atoms with Gasteiger partial charge in [-0.05, 0) is 60.5 Å². The van der Waals surface area contributed by atoms with Crippen molar-refractivity contribution in [3.8, 4) is 28.4 Å². The minimum Gasteiger partial charge on any atom is -0.495 e. The zero-order valence-corrected chi connectivity index (χ0v) is 20.0. The fourth-order valence-corrected chi connectivity index (χ4v) is 4.01. The first kappa shape index (κ1) is 22.9. The summed E-state index contributed by atoms with van der Waals surface area (Å²) in [5.74, 6) is 1.82. The fraction of sp³-hybridized carbons (Fsp3) is 0.111. The fourth-order valence-electron chi connectivity index (χ4n) is 4.01. The van der Waals surface area contributed by atoms with Crippen LogP contribution in [0.15, 0.2) is 73.2 Å². The van der Waals surface area contributed by atoms with E-state index in [9.17, 15) is 4.79 Å². The van der Waals surface area contributed by atoms with Crippen molar-refractivity contribution in [2.24, 2.45) is 12.8 Å². The molecule has 0 radical (unpaired) electrons. The Labute approximate surface area is 207 Å². The monoisotopic (exact) mass is 480 g/mol. The van der Waals surface area contributed by atoms with E-state index in [4.69, 9.17) is 20.2 Å². The number of anilines is 2. The third kappa shape index (κ3) is 4.29. The molecule has 1 amide bonds. The Hall–Kier alpha value is -4.92. The Kier molecular flexibility index (Phi) is 5.95. The van der Waals surface area contributed by atoms with Gasteiger partial charge in [0, 0.05) is 37.3 Å². The quantitative estimate of drug-likeness (QED) is 0.337. The molecule has 0 saturated heterocycles. The van der Waals surface area contributed by atoms with E-state index in [0.717, 1.165) is 27.8 Å². The highest BCUT2D eigenvalue weighted by Crippen LogP contribution is 2.34. The number of fused-ring (bicyclic) bond motifs is 1. The lowest BCUT2D eigenvalue weighted by atomic mass is 10.1. The summed E-state index contributed by atoms with van der Waals surface area (Å²) in [7, 11) is 3.57. The third-order valence-corrected chi connectivity index (χ3v) is 5.93. The number of hydrogen-bond acceptors (Lipinski definition) is 7. The number of aryl methyl sites for hydroxylation is 1. The number of hydrogen-bond donors (Lipinski definition) is 2. The largest absolute Gasteiger partial charge is 0.495 e. The maximum atomic E-state index is 11.6. The zero-order chi connectivity index (χ0) is 25.2. The third-order valence-electron chi connectivity index (χ3n) is 5.93. The highest BCUT2D eigenvalue weighted by molar-refractivity contribution is 5.92. The number of methoxy groups -OCH3 is 1. The van der Waals surface area contributed by atoms with Crippen molar-refractivity contribution in [1.82, 2.24) is 19.5 Å². The summed E-state index contributed by atoms with van der Waals surface area (Å²) in [6, 6.07) is 17.2. The number of ether oxygens (including phenoxy) is 2. The Bertz CT molecular complexity index is 1580. The average molecular weight is 481 g/mol. The summed E-state index contributed by atoms with van der Waals surface area (Å²) in [5.41, 5.74) is 10.7. The van der Waals surface area contributed by atoms with Crippen LogP contribution in [0.3, 0.4) is 0 Å². The Balaban J connectivity index is 1.47. The van der Waals surface area contributed by atoms with Crippen LogP contribution in [0.5, 0.6) is 17.2 Å². The number of aromatic nitrogens is 4. The smallest absolute Gasteiger partial charge is 0.267 e. The van der Waals surface area contributed by atoms with Crippen LogP contribution in [0.1, 0.15) is 16.1 Å². The molecule has 9 nitrogen and oxygen atoms in total. The molecule has 0 unspecified atom stereocenters. The van der Waals surface area contributed by atoms with Crippen molar-refractivity contribution in [2.45, 2.75) is 6.92 Å². The maximum absolute atomic E-state index is 11.6. The van der Waals surface area contributed by atoms with Crippen LogP contribution < -0.4 is 20.5 Å². The maximum Gasteiger partial charge on any atom is 0.267 e. The molecule has 0 saturated carbocycles. The molecule has 0 bridgehead atoms. The van der Waals surface area contributed by atoms with Crippen molar-refractivity contribution >= 4 is 28.6 Å². The van der Waals surface area contributed by atoms with Gasteiger partial charge in [-0.3, -0.25) is 14.8 Å². The molecule has 5 rings (SSSR count). The van der Waals surface area contributed by atoms with Gasteiger partial charge in [0.1, 0.15) is 22.9 Å². The molecule has 3 N–H and O–H groups in total. The molecule has 3 aromatic heterocycles. The lowest BCUT2D eigenvalue weighted by Crippen LogP contribution is -2.15. The molecule has 9 heteroatoms. The number of rotatable bonds is 7. The van der Waals surface area contributed by atoms with Gasteiger partial charge < -0.3 is 25.1 Å². The summed E-state index contributed by atoms with van der Waals surface area (Å²) in [6.07, 6.45) is 5.02. The summed E-state index contributed by atoms with van der Waals surface area (Å²) in [4.78, 5) is 24.5. The normalized spacial score (nSPS) is 10.9. The topological polar surface area (TPSA) is 117 Å². The van der Waals surface area contributed by atoms with Gasteiger partial charge in [-0.15, -0.1) is 0 Å². The van der Waals surface area contributed by atoms with Crippen LogP contribution in [0.4, 0.5) is 11.6 Å². The predicted molar refractivity (Wildman–Crippen MR) is 138 cm³/mol. The van der Waals surface area contributed by atoms with Gasteiger partial charge in [0.15, 0.2) is 0 Å². The first-order valence-corrected chi connectivity index (χ1v) is 11.2. The van der Waals surface area contributed by atoms with Gasteiger partial charge >= 0.3 is 0 Å². The summed E-state index contributed by atoms with van der Waals surface area (Å²) in [6.45, 7) is 1.75. The number of benzene rings is 2. The number of amides is 1. The van der Waals surface area contributed by atoms with Crippen molar-refractivity contribution < 1.29 is 14.3 Å². The van der Waals surface area contributed by atoms with Gasteiger partial charge in [-0.1, -0.05) is 6.07 Å². The first-order chi connectivity index (χ1) is 17.4. The second-order valence-corrected chi connectivity index (χ2v) is 8.17. The van der Waals surface area contributed by atoms with Crippen molar-refractivity contribution in [1.29, 1.82) is 0 Å². The van der Waals surface area contributed by atoms with Crippen LogP contribution >= 0.6 is 0 Å². The van der Waals surface area contributed by atoms with E-state index < -0.39 is 5.91 Å². The van der Waals surface area contributed by atoms with Crippen LogP contribution in [-0.2, 0) is 7.05 Å². The number of nitrogens with one attached hydrogen (secondary N) is 1. The lowest BCUT2D eigenvalue weighted by Gasteiger charge is -2.13. The molecule has 180 valence electrons. The van der Waals surface area contributed by atoms with Gasteiger partial charge in [-0.2, -0.15) is 0 Å². The van der Waals surface area contributed by atoms with Crippen molar-refractivity contribution in [3.63, 3.8) is 0 Å². The number of pyridine rings is 2. The number of carbonyl (C=O) groups excluding carboxylic acids is 1. The second-order valence-electron chi connectivity index (χ2n) is 8.17. The van der Waals surface area contributed by atoms with Gasteiger partial charge in [0.25, 0.3) is 5.91 Å². The van der Waals surface area contributed by atoms with E-state index in [1.807, 2.05) is 60.1 Å². The molecule has 0 aliphatic heterocycles. The van der Waals surface area contributed by atoms with Crippen molar-refractivity contribution in [3.05, 3.63) is 84.4 Å². The Morgan fingerprint density at radius 3 is 2.53 bits per heavy atom. The van der Waals surface area contributed by atoms with Crippen LogP contribution in [0.2, 0.25) is 0 Å². The molecule has 36 heavy (non-hydrogen) atoms. The van der Waals surface area contributed by atoms with E-state index in [2.05, 4.69) is 15.3 Å². The lowest BCUT2D eigenvalue weighted by molar-refractivity contribution is 0.0994. The molecular weight excluding hydrogens is 456 g/mol. The average Bonchev–Trinajstić information content (AvgIpc) is 3.19. The summed E-state index contributed by atoms with van der Waals surface area (Å²) >= 11 is 0. The van der Waals surface area contributed by atoms with E-state index in [1.165, 1.54) is 6.20 Å². The number of nitrogens with two attached hydrogens (primary N) is 1. The Morgan fingerprint density at radius 1 is 0.972 bits per heavy atom. The molecule has 5 aromatic rings. The number of nitrogens with zero attached hydrogens (tertiary/aromatic N) is 4. The van der Waals surface area contributed by atoms with E-state index in [-0.39, 0.29) is 5.69 Å². The number of primary amides is 1. The molecular formula is C27H24N6O3. The summed E-state index contributed by atoms with van der Waals surface area (Å²) in [5, 5.41) is 3.40. The van der Waals surface area contributed by atoms with Crippen molar-refractivity contribution in [2.75, 3.05) is 12.4 Å². The molecule has 0 atom stereocenters. The van der Waals surface area contributed by atoms with Crippen LogP contribution in [0.25, 0.3) is 22.2 Å². The van der Waals surface area contributed by atoms with E-state index in [1.54, 1.807) is 32.5 Å². The molecule has 0 aliphatic rings. The van der Waals surface area contributed by atoms with Gasteiger partial charge in [0.2, 0.25) is 5.95 Å². The molecule has 0 spiro atoms. The van der Waals surface area contributed by atoms with E-state index in [0.29, 0.717) is 28.8 Å². The highest BCUT2D eigenvalue weighted by atomic mass is 16.5. The zero-order valence-electron chi connectivity index (χ0n) is 20.0. The predicted octanol–water partition coefficient (Wildman–Crippen LogP) is 4.98. The molecule has 0 fully saturated rings.